The average molecular weight is 329 g/mol. The molecule has 0 aliphatic heterocycles. The number of nitrogens with two attached hydrogens (primary N) is 1. The number of unbranched alkanes of at least 4 members (excludes halogenated alkanes) is 3. The summed E-state index contributed by atoms with van der Waals surface area (Å²) in [5.74, 6) is 6.55. The minimum Gasteiger partial charge on any atom is -0.497 e. The molecule has 1 unspecified atom stereocenters. The summed E-state index contributed by atoms with van der Waals surface area (Å²) in [7, 11) is 1.69. The van der Waals surface area contributed by atoms with Crippen molar-refractivity contribution in [2.45, 2.75) is 51.5 Å². The van der Waals surface area contributed by atoms with E-state index in [1.54, 1.807) is 7.11 Å². The average Bonchev–Trinajstić information content (AvgIpc) is 2.44. The molecule has 0 heterocycles. The van der Waals surface area contributed by atoms with Gasteiger partial charge in [0.2, 0.25) is 0 Å². The van der Waals surface area contributed by atoms with Gasteiger partial charge in [-0.25, -0.2) is 0 Å². The lowest BCUT2D eigenvalue weighted by Gasteiger charge is -2.17. The van der Waals surface area contributed by atoms with Crippen molar-refractivity contribution < 1.29 is 4.74 Å². The molecule has 4 heteroatoms. The minimum absolute atomic E-state index is 0.320. The van der Waals surface area contributed by atoms with E-state index in [2.05, 4.69) is 34.3 Å². The second-order valence-corrected chi connectivity index (χ2v) is 5.73. The zero-order valence-corrected chi connectivity index (χ0v) is 13.5. The van der Waals surface area contributed by atoms with Crippen molar-refractivity contribution in [2.24, 2.45) is 5.84 Å². The highest BCUT2D eigenvalue weighted by Crippen LogP contribution is 2.24. The summed E-state index contributed by atoms with van der Waals surface area (Å²) < 4.78 is 6.38. The summed E-state index contributed by atoms with van der Waals surface area (Å²) in [6, 6.07) is 6.37. The zero-order valence-electron chi connectivity index (χ0n) is 11.9. The van der Waals surface area contributed by atoms with Crippen LogP contribution >= 0.6 is 15.9 Å². The van der Waals surface area contributed by atoms with Crippen LogP contribution in [-0.4, -0.2) is 13.2 Å². The molecule has 3 N–H and O–H groups in total. The van der Waals surface area contributed by atoms with Crippen molar-refractivity contribution in [1.82, 2.24) is 5.43 Å². The predicted octanol–water partition coefficient (Wildman–Crippen LogP) is 3.80. The first-order valence-corrected chi connectivity index (χ1v) is 7.79. The van der Waals surface area contributed by atoms with Crippen molar-refractivity contribution in [1.29, 1.82) is 0 Å². The summed E-state index contributed by atoms with van der Waals surface area (Å²) in [4.78, 5) is 0. The lowest BCUT2D eigenvalue weighted by atomic mass is 10.0. The fourth-order valence-corrected chi connectivity index (χ4v) is 2.57. The number of methoxy groups -OCH3 is 1. The molecule has 108 valence electrons. The fourth-order valence-electron chi connectivity index (χ4n) is 2.16. The van der Waals surface area contributed by atoms with Crippen LogP contribution < -0.4 is 16.0 Å². The Morgan fingerprint density at radius 2 is 2.11 bits per heavy atom. The number of hydrogen-bond donors (Lipinski definition) is 2. The van der Waals surface area contributed by atoms with E-state index >= 15 is 0 Å². The summed E-state index contributed by atoms with van der Waals surface area (Å²) >= 11 is 3.59. The number of benzene rings is 1. The van der Waals surface area contributed by atoms with Crippen LogP contribution in [0.3, 0.4) is 0 Å². The van der Waals surface area contributed by atoms with Gasteiger partial charge in [-0.3, -0.25) is 11.3 Å². The van der Waals surface area contributed by atoms with Gasteiger partial charge in [0, 0.05) is 10.5 Å². The van der Waals surface area contributed by atoms with Gasteiger partial charge >= 0.3 is 0 Å². The van der Waals surface area contributed by atoms with Crippen LogP contribution in [0.25, 0.3) is 0 Å². The van der Waals surface area contributed by atoms with E-state index in [0.29, 0.717) is 6.04 Å². The molecule has 0 radical (unpaired) electrons. The third kappa shape index (κ3) is 5.93. The van der Waals surface area contributed by atoms with E-state index in [1.165, 1.54) is 31.2 Å². The Morgan fingerprint density at radius 3 is 2.74 bits per heavy atom. The van der Waals surface area contributed by atoms with Gasteiger partial charge in [0.15, 0.2) is 0 Å². The van der Waals surface area contributed by atoms with Crippen molar-refractivity contribution in [3.05, 3.63) is 28.2 Å². The molecular weight excluding hydrogens is 304 g/mol. The number of ether oxygens (including phenoxy) is 1. The van der Waals surface area contributed by atoms with Crippen molar-refractivity contribution in [2.75, 3.05) is 7.11 Å². The molecule has 0 aliphatic carbocycles. The molecule has 0 aromatic heterocycles. The van der Waals surface area contributed by atoms with E-state index in [1.807, 2.05) is 12.1 Å². The van der Waals surface area contributed by atoms with Crippen LogP contribution in [-0.2, 0) is 6.42 Å². The maximum atomic E-state index is 5.66. The Labute approximate surface area is 125 Å². The second-order valence-electron chi connectivity index (χ2n) is 4.87. The maximum Gasteiger partial charge on any atom is 0.119 e. The second kappa shape index (κ2) is 9.34. The van der Waals surface area contributed by atoms with Crippen molar-refractivity contribution >= 4 is 15.9 Å². The van der Waals surface area contributed by atoms with Gasteiger partial charge in [-0.05, 0) is 36.6 Å². The third-order valence-electron chi connectivity index (χ3n) is 3.36. The smallest absolute Gasteiger partial charge is 0.119 e. The van der Waals surface area contributed by atoms with Crippen molar-refractivity contribution in [3.8, 4) is 5.75 Å². The number of halogens is 1. The van der Waals surface area contributed by atoms with Crippen LogP contribution in [0.5, 0.6) is 5.75 Å². The minimum atomic E-state index is 0.320. The van der Waals surface area contributed by atoms with Crippen molar-refractivity contribution in [3.63, 3.8) is 0 Å². The Balaban J connectivity index is 2.54. The normalized spacial score (nSPS) is 12.4. The lowest BCUT2D eigenvalue weighted by Crippen LogP contribution is -2.36. The van der Waals surface area contributed by atoms with E-state index in [9.17, 15) is 0 Å². The first-order valence-electron chi connectivity index (χ1n) is 6.99. The van der Waals surface area contributed by atoms with Gasteiger partial charge < -0.3 is 4.74 Å². The van der Waals surface area contributed by atoms with E-state index in [0.717, 1.165) is 23.1 Å². The third-order valence-corrected chi connectivity index (χ3v) is 4.13. The molecule has 1 aromatic rings. The van der Waals surface area contributed by atoms with Crippen LogP contribution in [0.15, 0.2) is 22.7 Å². The Bertz CT molecular complexity index is 371. The summed E-state index contributed by atoms with van der Waals surface area (Å²) in [5.41, 5.74) is 4.16. The molecule has 0 spiro atoms. The maximum absolute atomic E-state index is 5.66. The monoisotopic (exact) mass is 328 g/mol. The molecule has 19 heavy (non-hydrogen) atoms. The van der Waals surface area contributed by atoms with Crippen LogP contribution in [0.4, 0.5) is 0 Å². The predicted molar refractivity (Wildman–Crippen MR) is 84.3 cm³/mol. The van der Waals surface area contributed by atoms with Gasteiger partial charge in [-0.2, -0.15) is 0 Å². The molecule has 3 nitrogen and oxygen atoms in total. The quantitative estimate of drug-likeness (QED) is 0.411. The highest BCUT2D eigenvalue weighted by atomic mass is 79.9. The zero-order chi connectivity index (χ0) is 14.1. The number of rotatable bonds is 9. The van der Waals surface area contributed by atoms with E-state index in [4.69, 9.17) is 10.6 Å². The molecule has 0 aliphatic rings. The van der Waals surface area contributed by atoms with E-state index < -0.39 is 0 Å². The van der Waals surface area contributed by atoms with Crippen LogP contribution in [0, 0.1) is 0 Å². The molecule has 0 bridgehead atoms. The molecule has 1 rings (SSSR count). The molecular formula is C15H25BrN2O. The molecule has 0 amide bonds. The molecule has 0 saturated heterocycles. The topological polar surface area (TPSA) is 47.3 Å². The SMILES string of the molecule is CCCCCCC(Cc1cc(OC)ccc1Br)NN. The lowest BCUT2D eigenvalue weighted by molar-refractivity contribution is 0.413. The largest absolute Gasteiger partial charge is 0.497 e. The molecule has 1 aromatic carbocycles. The highest BCUT2D eigenvalue weighted by molar-refractivity contribution is 9.10. The number of hydrazine groups is 1. The van der Waals surface area contributed by atoms with Crippen LogP contribution in [0.2, 0.25) is 0 Å². The Hall–Kier alpha value is -0.580. The Kier molecular flexibility index (Phi) is 8.10. The number of nitrogens with one attached hydrogen (secondary N) is 1. The van der Waals surface area contributed by atoms with Gasteiger partial charge in [-0.1, -0.05) is 48.5 Å². The van der Waals surface area contributed by atoms with Gasteiger partial charge in [0.1, 0.15) is 5.75 Å². The first kappa shape index (κ1) is 16.5. The molecule has 0 saturated carbocycles. The number of hydrogen-bond acceptors (Lipinski definition) is 3. The Morgan fingerprint density at radius 1 is 1.32 bits per heavy atom. The summed E-state index contributed by atoms with van der Waals surface area (Å²) in [5, 5.41) is 0. The summed E-state index contributed by atoms with van der Waals surface area (Å²) in [6.45, 7) is 2.23. The van der Waals surface area contributed by atoms with Gasteiger partial charge in [-0.15, -0.1) is 0 Å². The first-order chi connectivity index (χ1) is 9.21. The van der Waals surface area contributed by atoms with Gasteiger partial charge in [0.05, 0.1) is 7.11 Å². The molecule has 0 fully saturated rings. The molecule has 1 atom stereocenters. The van der Waals surface area contributed by atoms with Gasteiger partial charge in [0.25, 0.3) is 0 Å². The summed E-state index contributed by atoms with van der Waals surface area (Å²) in [6.07, 6.45) is 7.11. The highest BCUT2D eigenvalue weighted by Gasteiger charge is 2.10. The van der Waals surface area contributed by atoms with E-state index in [-0.39, 0.29) is 0 Å². The van der Waals surface area contributed by atoms with Crippen LogP contribution in [0.1, 0.15) is 44.6 Å². The fraction of sp³-hybridized carbons (Fsp3) is 0.600. The standard InChI is InChI=1S/C15H25BrN2O/c1-3-4-5-6-7-13(18-17)10-12-11-14(19-2)8-9-15(12)16/h8-9,11,13,18H,3-7,10,17H2,1-2H3.